The number of piperidine rings is 1. The Morgan fingerprint density at radius 3 is 2.73 bits per heavy atom. The minimum absolute atomic E-state index is 0.0752. The van der Waals surface area contributed by atoms with Crippen LogP contribution in [0.15, 0.2) is 60.8 Å². The second-order valence-corrected chi connectivity index (χ2v) is 9.69. The zero-order chi connectivity index (χ0) is 26.4. The molecule has 1 fully saturated rings. The Morgan fingerprint density at radius 2 is 2.00 bits per heavy atom. The van der Waals surface area contributed by atoms with E-state index < -0.39 is 11.9 Å². The summed E-state index contributed by atoms with van der Waals surface area (Å²) >= 11 is 0. The molecule has 0 unspecified atom stereocenters. The molecule has 9 heteroatoms. The van der Waals surface area contributed by atoms with Crippen LogP contribution in [0, 0.1) is 5.82 Å². The molecule has 0 bridgehead atoms. The van der Waals surface area contributed by atoms with Crippen molar-refractivity contribution in [1.29, 1.82) is 0 Å². The first-order chi connectivity index (χ1) is 17.8. The Kier molecular flexibility index (Phi) is 8.43. The number of benzene rings is 2. The monoisotopic (exact) mass is 506 g/mol. The van der Waals surface area contributed by atoms with Crippen LogP contribution in [0.2, 0.25) is 0 Å². The minimum Gasteiger partial charge on any atom is -0.373 e. The molecule has 1 saturated heterocycles. The van der Waals surface area contributed by atoms with Gasteiger partial charge in [0.1, 0.15) is 17.4 Å². The summed E-state index contributed by atoms with van der Waals surface area (Å²) in [5, 5.41) is 5.74. The van der Waals surface area contributed by atoms with Crippen LogP contribution in [0.5, 0.6) is 0 Å². The van der Waals surface area contributed by atoms with Gasteiger partial charge in [-0.25, -0.2) is 14.2 Å². The largest absolute Gasteiger partial charge is 0.373 e. The van der Waals surface area contributed by atoms with E-state index >= 15 is 0 Å². The lowest BCUT2D eigenvalue weighted by Gasteiger charge is -2.37. The lowest BCUT2D eigenvalue weighted by Crippen LogP contribution is -2.51. The quantitative estimate of drug-likeness (QED) is 0.403. The van der Waals surface area contributed by atoms with Crippen molar-refractivity contribution in [1.82, 2.24) is 30.4 Å². The van der Waals surface area contributed by atoms with Crippen molar-refractivity contribution < 1.29 is 14.0 Å². The highest BCUT2D eigenvalue weighted by Crippen LogP contribution is 2.23. The molecule has 3 aromatic rings. The number of carbonyl (C=O) groups is 2. The molecule has 1 aromatic heterocycles. The Hall–Kier alpha value is -3.88. The number of hydrogen-bond donors (Lipinski definition) is 3. The van der Waals surface area contributed by atoms with Gasteiger partial charge in [0.05, 0.1) is 12.1 Å². The number of halogens is 1. The van der Waals surface area contributed by atoms with Gasteiger partial charge in [-0.2, -0.15) is 0 Å². The van der Waals surface area contributed by atoms with E-state index in [9.17, 15) is 14.0 Å². The second kappa shape index (κ2) is 11.9. The fraction of sp³-hybridized carbons (Fsp3) is 0.393. The number of nitrogens with one attached hydrogen (secondary N) is 3. The summed E-state index contributed by atoms with van der Waals surface area (Å²) in [6.45, 7) is 7.78. The molecule has 0 saturated carbocycles. The first-order valence-corrected chi connectivity index (χ1v) is 12.7. The molecule has 2 heterocycles. The number of nitrogens with zero attached hydrogens (tertiary/aromatic N) is 3. The minimum atomic E-state index is -0.825. The van der Waals surface area contributed by atoms with Gasteiger partial charge in [0.25, 0.3) is 0 Å². The smallest absolute Gasteiger partial charge is 0.318 e. The number of hydrogen-bond acceptors (Lipinski definition) is 4. The van der Waals surface area contributed by atoms with Gasteiger partial charge >= 0.3 is 6.03 Å². The molecule has 3 N–H and O–H groups in total. The van der Waals surface area contributed by atoms with Crippen molar-refractivity contribution in [2.24, 2.45) is 0 Å². The number of H-pyrrole nitrogens is 1. The molecule has 3 amide bonds. The van der Waals surface area contributed by atoms with Crippen LogP contribution in [0.3, 0.4) is 0 Å². The van der Waals surface area contributed by atoms with Crippen molar-refractivity contribution in [3.05, 3.63) is 78.0 Å². The average molecular weight is 507 g/mol. The van der Waals surface area contributed by atoms with Gasteiger partial charge in [-0.05, 0) is 43.9 Å². The number of rotatable bonds is 9. The first kappa shape index (κ1) is 26.2. The zero-order valence-electron chi connectivity index (χ0n) is 21.5. The third-order valence-electron chi connectivity index (χ3n) is 6.81. The number of imidazole rings is 1. The predicted octanol–water partition coefficient (Wildman–Crippen LogP) is 4.31. The van der Waals surface area contributed by atoms with Crippen molar-refractivity contribution in [2.45, 2.75) is 57.8 Å². The maximum Gasteiger partial charge on any atom is 0.318 e. The third kappa shape index (κ3) is 6.67. The number of amides is 3. The van der Waals surface area contributed by atoms with Crippen LogP contribution in [0.1, 0.15) is 44.0 Å². The molecule has 1 aliphatic rings. The zero-order valence-corrected chi connectivity index (χ0v) is 21.5. The lowest BCUT2D eigenvalue weighted by molar-refractivity contribution is -0.123. The van der Waals surface area contributed by atoms with E-state index in [0.717, 1.165) is 30.6 Å². The van der Waals surface area contributed by atoms with Gasteiger partial charge in [-0.3, -0.25) is 4.79 Å². The van der Waals surface area contributed by atoms with Crippen LogP contribution in [0.4, 0.5) is 9.18 Å². The van der Waals surface area contributed by atoms with E-state index in [2.05, 4.69) is 39.0 Å². The van der Waals surface area contributed by atoms with Crippen LogP contribution in [-0.4, -0.2) is 57.4 Å². The maximum absolute atomic E-state index is 14.0. The second-order valence-electron chi connectivity index (χ2n) is 9.69. The average Bonchev–Trinajstić information content (AvgIpc) is 3.32. The molecule has 2 atom stereocenters. The van der Waals surface area contributed by atoms with Gasteiger partial charge in [-0.1, -0.05) is 43.0 Å². The van der Waals surface area contributed by atoms with E-state index in [1.54, 1.807) is 24.1 Å². The number of aromatic amines is 1. The van der Waals surface area contributed by atoms with Crippen LogP contribution >= 0.6 is 0 Å². The molecule has 0 spiro atoms. The molecular weight excluding hydrogens is 471 g/mol. The number of para-hydroxylation sites is 1. The van der Waals surface area contributed by atoms with Gasteiger partial charge < -0.3 is 25.4 Å². The topological polar surface area (TPSA) is 93.4 Å². The highest BCUT2D eigenvalue weighted by Gasteiger charge is 2.27. The van der Waals surface area contributed by atoms with Crippen molar-refractivity contribution in [3.63, 3.8) is 0 Å². The van der Waals surface area contributed by atoms with E-state index in [1.807, 2.05) is 30.3 Å². The van der Waals surface area contributed by atoms with Crippen molar-refractivity contribution >= 4 is 23.0 Å². The standard InChI is InChI=1S/C28H35FN6O2/c1-19-10-7-8-15-35(19)20(2)16-24(32-28(37)34(3)18-21-11-5-4-6-12-21)27(36)30-17-25-31-23-14-9-13-22(29)26(23)33-25/h4-6,9,11-14,19,24H,2,7-8,10,15-18H2,1,3H3,(H,30,36)(H,31,33)(H,32,37)/t19-,24-/m0/s1. The number of fused-ring (bicyclic) bond motifs is 1. The molecule has 196 valence electrons. The van der Waals surface area contributed by atoms with Crippen molar-refractivity contribution in [2.75, 3.05) is 13.6 Å². The molecule has 1 aliphatic heterocycles. The van der Waals surface area contributed by atoms with Gasteiger partial charge in [0.15, 0.2) is 5.82 Å². The van der Waals surface area contributed by atoms with Crippen LogP contribution < -0.4 is 10.6 Å². The Labute approximate surface area is 216 Å². The molecule has 0 aliphatic carbocycles. The highest BCUT2D eigenvalue weighted by atomic mass is 19.1. The summed E-state index contributed by atoms with van der Waals surface area (Å²) in [5.74, 6) is -0.346. The Balaban J connectivity index is 1.44. The summed E-state index contributed by atoms with van der Waals surface area (Å²) < 4.78 is 14.0. The molecule has 2 aromatic carbocycles. The molecule has 0 radical (unpaired) electrons. The first-order valence-electron chi connectivity index (χ1n) is 12.7. The fourth-order valence-corrected chi connectivity index (χ4v) is 4.74. The number of carbonyl (C=O) groups excluding carboxylic acids is 2. The molecule has 4 rings (SSSR count). The van der Waals surface area contributed by atoms with E-state index in [4.69, 9.17) is 0 Å². The van der Waals surface area contributed by atoms with E-state index in [-0.39, 0.29) is 30.4 Å². The SMILES string of the molecule is C=C(C[C@H](NC(=O)N(C)Cc1ccccc1)C(=O)NCc1nc2c(F)cccc2[nH]1)N1CCCC[C@@H]1C. The fourth-order valence-electron chi connectivity index (χ4n) is 4.74. The van der Waals surface area contributed by atoms with Crippen LogP contribution in [0.25, 0.3) is 11.0 Å². The van der Waals surface area contributed by atoms with Gasteiger partial charge in [-0.15, -0.1) is 0 Å². The molecule has 8 nitrogen and oxygen atoms in total. The Bertz CT molecular complexity index is 1240. The summed E-state index contributed by atoms with van der Waals surface area (Å²) in [6, 6.07) is 13.5. The number of likely N-dealkylation sites (tertiary alicyclic amines) is 1. The summed E-state index contributed by atoms with van der Waals surface area (Å²) in [5.41, 5.74) is 2.60. The number of urea groups is 1. The van der Waals surface area contributed by atoms with Crippen LogP contribution in [-0.2, 0) is 17.9 Å². The highest BCUT2D eigenvalue weighted by molar-refractivity contribution is 5.87. The van der Waals surface area contributed by atoms with Gasteiger partial charge in [0.2, 0.25) is 5.91 Å². The lowest BCUT2D eigenvalue weighted by atomic mass is 10.0. The summed E-state index contributed by atoms with van der Waals surface area (Å²) in [7, 11) is 1.70. The maximum atomic E-state index is 14.0. The summed E-state index contributed by atoms with van der Waals surface area (Å²) in [4.78, 5) is 37.4. The van der Waals surface area contributed by atoms with Crippen molar-refractivity contribution in [3.8, 4) is 0 Å². The normalized spacial score (nSPS) is 16.3. The van der Waals surface area contributed by atoms with E-state index in [0.29, 0.717) is 23.9 Å². The summed E-state index contributed by atoms with van der Waals surface area (Å²) in [6.07, 6.45) is 3.61. The van der Waals surface area contributed by atoms with Gasteiger partial charge in [0, 0.05) is 38.3 Å². The Morgan fingerprint density at radius 1 is 1.22 bits per heavy atom. The molecule has 37 heavy (non-hydrogen) atoms. The molecular formula is C28H35FN6O2. The predicted molar refractivity (Wildman–Crippen MR) is 142 cm³/mol. The van der Waals surface area contributed by atoms with E-state index in [1.165, 1.54) is 12.5 Å². The number of aromatic nitrogens is 2. The third-order valence-corrected chi connectivity index (χ3v) is 6.81.